The number of unbranched alkanes of at least 4 members (excludes halogenated alkanes) is 1. The number of hydrogen-bond acceptors (Lipinski definition) is 3. The summed E-state index contributed by atoms with van der Waals surface area (Å²) in [5.41, 5.74) is 12.9. The van der Waals surface area contributed by atoms with E-state index in [0.717, 1.165) is 18.4 Å². The van der Waals surface area contributed by atoms with E-state index in [1.807, 2.05) is 19.9 Å². The first-order valence-corrected chi connectivity index (χ1v) is 6.67. The van der Waals surface area contributed by atoms with Crippen LogP contribution < -0.4 is 22.1 Å². The molecule has 0 aliphatic rings. The third-order valence-electron chi connectivity index (χ3n) is 3.00. The lowest BCUT2D eigenvalue weighted by Gasteiger charge is -2.18. The Labute approximate surface area is 131 Å². The number of urea groups is 1. The maximum atomic E-state index is 12.2. The zero-order valence-electron chi connectivity index (χ0n) is 12.3. The number of primary amides is 1. The second kappa shape index (κ2) is 9.07. The molecule has 1 aromatic carbocycles. The van der Waals surface area contributed by atoms with E-state index in [2.05, 4.69) is 10.6 Å². The van der Waals surface area contributed by atoms with Gasteiger partial charge in [0.2, 0.25) is 5.91 Å². The number of carbonyl (C=O) groups is 2. The van der Waals surface area contributed by atoms with Crippen molar-refractivity contribution >= 4 is 35.7 Å². The molecule has 0 aromatic heterocycles. The molecule has 7 heteroatoms. The normalized spacial score (nSPS) is 11.1. The van der Waals surface area contributed by atoms with Gasteiger partial charge in [-0.2, -0.15) is 0 Å². The molecule has 0 aliphatic carbocycles. The number of hydrogen-bond donors (Lipinski definition) is 4. The van der Waals surface area contributed by atoms with Crippen LogP contribution in [0.5, 0.6) is 0 Å². The van der Waals surface area contributed by atoms with Crippen LogP contribution in [0.1, 0.15) is 31.7 Å². The van der Waals surface area contributed by atoms with Crippen molar-refractivity contribution in [3.63, 3.8) is 0 Å². The zero-order chi connectivity index (χ0) is 15.1. The largest absolute Gasteiger partial charge is 0.399 e. The lowest BCUT2D eigenvalue weighted by Crippen LogP contribution is -2.46. The Kier molecular flexibility index (Phi) is 8.23. The Balaban J connectivity index is 0.00000400. The summed E-state index contributed by atoms with van der Waals surface area (Å²) in [4.78, 5) is 23.2. The minimum Gasteiger partial charge on any atom is -0.399 e. The number of carbonyl (C=O) groups excluding carboxylic acids is 2. The Morgan fingerprint density at radius 3 is 2.57 bits per heavy atom. The molecule has 0 bridgehead atoms. The van der Waals surface area contributed by atoms with Crippen molar-refractivity contribution < 1.29 is 9.59 Å². The highest BCUT2D eigenvalue weighted by Gasteiger charge is 2.19. The van der Waals surface area contributed by atoms with Crippen LogP contribution in [0.15, 0.2) is 18.2 Å². The molecule has 6 nitrogen and oxygen atoms in total. The standard InChI is InChI=1S/C14H22N4O2.ClH/c1-3-4-5-11(18-14(16)20)13(19)17-12-8-10(15)7-6-9(12)2;/h6-8,11H,3-5,15H2,1-2H3,(H,17,19)(H3,16,18,20);1H. The monoisotopic (exact) mass is 314 g/mol. The van der Waals surface area contributed by atoms with Crippen LogP contribution in [-0.4, -0.2) is 18.0 Å². The van der Waals surface area contributed by atoms with Crippen LogP contribution in [-0.2, 0) is 4.79 Å². The molecule has 3 amide bonds. The smallest absolute Gasteiger partial charge is 0.312 e. The molecule has 6 N–H and O–H groups in total. The van der Waals surface area contributed by atoms with E-state index in [-0.39, 0.29) is 18.3 Å². The maximum absolute atomic E-state index is 12.2. The minimum absolute atomic E-state index is 0. The average Bonchev–Trinajstić information content (AvgIpc) is 2.38. The molecule has 0 heterocycles. The first-order valence-electron chi connectivity index (χ1n) is 6.67. The molecule has 0 spiro atoms. The second-order valence-corrected chi connectivity index (χ2v) is 4.77. The Bertz CT molecular complexity index is 494. The third kappa shape index (κ3) is 6.35. The summed E-state index contributed by atoms with van der Waals surface area (Å²) in [7, 11) is 0. The van der Waals surface area contributed by atoms with E-state index >= 15 is 0 Å². The fourth-order valence-electron chi connectivity index (χ4n) is 1.84. The van der Waals surface area contributed by atoms with Crippen LogP contribution >= 0.6 is 12.4 Å². The molecule has 0 saturated carbocycles. The molecule has 1 atom stereocenters. The van der Waals surface area contributed by atoms with Gasteiger partial charge >= 0.3 is 6.03 Å². The van der Waals surface area contributed by atoms with E-state index in [1.54, 1.807) is 12.1 Å². The van der Waals surface area contributed by atoms with Crippen molar-refractivity contribution in [1.82, 2.24) is 5.32 Å². The summed E-state index contributed by atoms with van der Waals surface area (Å²) in [6.07, 6.45) is 2.31. The van der Waals surface area contributed by atoms with Gasteiger partial charge in [0, 0.05) is 11.4 Å². The highest BCUT2D eigenvalue weighted by Crippen LogP contribution is 2.18. The highest BCUT2D eigenvalue weighted by atomic mass is 35.5. The number of amides is 3. The number of nitrogen functional groups attached to an aromatic ring is 1. The maximum Gasteiger partial charge on any atom is 0.312 e. The summed E-state index contributed by atoms with van der Waals surface area (Å²) < 4.78 is 0. The van der Waals surface area contributed by atoms with E-state index < -0.39 is 12.1 Å². The molecule has 1 rings (SSSR count). The lowest BCUT2D eigenvalue weighted by atomic mass is 10.1. The Morgan fingerprint density at radius 2 is 2.00 bits per heavy atom. The van der Waals surface area contributed by atoms with Gasteiger partial charge in [0.25, 0.3) is 0 Å². The van der Waals surface area contributed by atoms with Gasteiger partial charge in [-0.15, -0.1) is 12.4 Å². The van der Waals surface area contributed by atoms with E-state index in [1.165, 1.54) is 0 Å². The molecule has 0 saturated heterocycles. The molecule has 21 heavy (non-hydrogen) atoms. The summed E-state index contributed by atoms with van der Waals surface area (Å²) in [5, 5.41) is 5.24. The fourth-order valence-corrected chi connectivity index (χ4v) is 1.84. The molecule has 0 radical (unpaired) electrons. The highest BCUT2D eigenvalue weighted by molar-refractivity contribution is 5.97. The lowest BCUT2D eigenvalue weighted by molar-refractivity contribution is -0.118. The number of nitrogens with one attached hydrogen (secondary N) is 2. The van der Waals surface area contributed by atoms with Gasteiger partial charge < -0.3 is 22.1 Å². The number of aryl methyl sites for hydroxylation is 1. The zero-order valence-corrected chi connectivity index (χ0v) is 13.1. The van der Waals surface area contributed by atoms with Crippen LogP contribution in [0, 0.1) is 6.92 Å². The molecular weight excluding hydrogens is 292 g/mol. The topological polar surface area (TPSA) is 110 Å². The number of halogens is 1. The SMILES string of the molecule is CCCCC(NC(N)=O)C(=O)Nc1cc(N)ccc1C.Cl. The average molecular weight is 315 g/mol. The van der Waals surface area contributed by atoms with Gasteiger partial charge in [-0.1, -0.05) is 25.8 Å². The molecule has 0 fully saturated rings. The van der Waals surface area contributed by atoms with Gasteiger partial charge in [-0.3, -0.25) is 4.79 Å². The van der Waals surface area contributed by atoms with Gasteiger partial charge in [0.1, 0.15) is 6.04 Å². The quantitative estimate of drug-likeness (QED) is 0.604. The second-order valence-electron chi connectivity index (χ2n) is 4.77. The molecule has 1 unspecified atom stereocenters. The summed E-state index contributed by atoms with van der Waals surface area (Å²) in [6, 6.07) is 3.95. The summed E-state index contributed by atoms with van der Waals surface area (Å²) >= 11 is 0. The van der Waals surface area contributed by atoms with Gasteiger partial charge in [-0.25, -0.2) is 4.79 Å². The molecular formula is C14H23ClN4O2. The van der Waals surface area contributed by atoms with E-state index in [4.69, 9.17) is 11.5 Å². The number of rotatable bonds is 6. The van der Waals surface area contributed by atoms with Crippen LogP contribution in [0.4, 0.5) is 16.2 Å². The fraction of sp³-hybridized carbons (Fsp3) is 0.429. The summed E-state index contributed by atoms with van der Waals surface area (Å²) in [5.74, 6) is -0.286. The van der Waals surface area contributed by atoms with Crippen molar-refractivity contribution in [2.75, 3.05) is 11.1 Å². The third-order valence-corrected chi connectivity index (χ3v) is 3.00. The number of nitrogens with two attached hydrogens (primary N) is 2. The summed E-state index contributed by atoms with van der Waals surface area (Å²) in [6.45, 7) is 3.89. The van der Waals surface area contributed by atoms with Crippen molar-refractivity contribution in [3.05, 3.63) is 23.8 Å². The molecule has 1 aromatic rings. The minimum atomic E-state index is -0.703. The van der Waals surface area contributed by atoms with Gasteiger partial charge in [-0.05, 0) is 31.0 Å². The first kappa shape index (κ1) is 19.1. The predicted molar refractivity (Wildman–Crippen MR) is 87.5 cm³/mol. The van der Waals surface area contributed by atoms with Gasteiger partial charge in [0.05, 0.1) is 0 Å². The van der Waals surface area contributed by atoms with Crippen molar-refractivity contribution in [1.29, 1.82) is 0 Å². The number of benzene rings is 1. The van der Waals surface area contributed by atoms with Crippen LogP contribution in [0.25, 0.3) is 0 Å². The van der Waals surface area contributed by atoms with Crippen molar-refractivity contribution in [2.24, 2.45) is 5.73 Å². The van der Waals surface area contributed by atoms with Gasteiger partial charge in [0.15, 0.2) is 0 Å². The Morgan fingerprint density at radius 1 is 1.33 bits per heavy atom. The van der Waals surface area contributed by atoms with E-state index in [0.29, 0.717) is 17.8 Å². The van der Waals surface area contributed by atoms with Crippen LogP contribution in [0.2, 0.25) is 0 Å². The first-order chi connectivity index (χ1) is 9.43. The van der Waals surface area contributed by atoms with Crippen molar-refractivity contribution in [2.45, 2.75) is 39.2 Å². The molecule has 118 valence electrons. The number of anilines is 2. The molecule has 0 aliphatic heterocycles. The predicted octanol–water partition coefficient (Wildman–Crippen LogP) is 2.16. The van der Waals surface area contributed by atoms with Crippen molar-refractivity contribution in [3.8, 4) is 0 Å². The van der Waals surface area contributed by atoms with E-state index in [9.17, 15) is 9.59 Å². The Hall–Kier alpha value is -1.95. The van der Waals surface area contributed by atoms with Crippen LogP contribution in [0.3, 0.4) is 0 Å².